The van der Waals surface area contributed by atoms with E-state index in [0.29, 0.717) is 36.7 Å². The second kappa shape index (κ2) is 10.4. The van der Waals surface area contributed by atoms with Gasteiger partial charge in [0, 0.05) is 24.6 Å². The van der Waals surface area contributed by atoms with Crippen LogP contribution in [0.2, 0.25) is 0 Å². The minimum atomic E-state index is -0.199. The van der Waals surface area contributed by atoms with Crippen molar-refractivity contribution in [2.45, 2.75) is 33.2 Å². The van der Waals surface area contributed by atoms with Crippen molar-refractivity contribution in [2.24, 2.45) is 0 Å². The van der Waals surface area contributed by atoms with Gasteiger partial charge in [-0.3, -0.25) is 9.59 Å². The third-order valence-corrected chi connectivity index (χ3v) is 4.73. The van der Waals surface area contributed by atoms with Gasteiger partial charge in [-0.15, -0.1) is 0 Å². The van der Waals surface area contributed by atoms with Crippen LogP contribution >= 0.6 is 0 Å². The Bertz CT molecular complexity index is 1090. The number of benzene rings is 2. The number of hydrogen-bond acceptors (Lipinski definition) is 5. The molecule has 7 heteroatoms. The summed E-state index contributed by atoms with van der Waals surface area (Å²) in [4.78, 5) is 24.5. The smallest absolute Gasteiger partial charge is 0.266 e. The summed E-state index contributed by atoms with van der Waals surface area (Å²) in [5.41, 5.74) is 3.05. The maximum atomic E-state index is 12.4. The van der Waals surface area contributed by atoms with Crippen LogP contribution in [0, 0.1) is 6.92 Å². The Balaban J connectivity index is 1.61. The molecule has 0 saturated heterocycles. The van der Waals surface area contributed by atoms with E-state index in [2.05, 4.69) is 10.4 Å². The van der Waals surface area contributed by atoms with Gasteiger partial charge in [-0.1, -0.05) is 6.07 Å². The molecule has 0 spiro atoms. The van der Waals surface area contributed by atoms with Gasteiger partial charge >= 0.3 is 0 Å². The number of nitrogens with one attached hydrogen (secondary N) is 1. The molecule has 0 aliphatic heterocycles. The predicted octanol–water partition coefficient (Wildman–Crippen LogP) is 4.04. The topological polar surface area (TPSA) is 82.5 Å². The van der Waals surface area contributed by atoms with E-state index >= 15 is 0 Å². The number of aromatic nitrogens is 2. The average Bonchev–Trinajstić information content (AvgIpc) is 2.76. The normalized spacial score (nSPS) is 10.5. The van der Waals surface area contributed by atoms with Crippen molar-refractivity contribution in [1.29, 1.82) is 0 Å². The maximum Gasteiger partial charge on any atom is 0.266 e. The Labute approximate surface area is 181 Å². The van der Waals surface area contributed by atoms with E-state index in [1.165, 1.54) is 10.7 Å². The van der Waals surface area contributed by atoms with E-state index in [-0.39, 0.29) is 17.9 Å². The summed E-state index contributed by atoms with van der Waals surface area (Å²) in [7, 11) is 1.57. The van der Waals surface area contributed by atoms with Crippen LogP contribution in [0.4, 0.5) is 5.69 Å². The fourth-order valence-corrected chi connectivity index (χ4v) is 3.17. The lowest BCUT2D eigenvalue weighted by Gasteiger charge is -2.11. The van der Waals surface area contributed by atoms with E-state index < -0.39 is 0 Å². The van der Waals surface area contributed by atoms with Crippen LogP contribution in [-0.4, -0.2) is 29.4 Å². The molecule has 0 saturated carbocycles. The van der Waals surface area contributed by atoms with E-state index in [9.17, 15) is 9.59 Å². The lowest BCUT2D eigenvalue weighted by Crippen LogP contribution is -2.23. The van der Waals surface area contributed by atoms with Crippen molar-refractivity contribution in [3.63, 3.8) is 0 Å². The average molecular weight is 421 g/mol. The highest BCUT2D eigenvalue weighted by Crippen LogP contribution is 2.25. The molecule has 1 N–H and O–H groups in total. The number of rotatable bonds is 9. The molecule has 7 nitrogen and oxygen atoms in total. The third-order valence-electron chi connectivity index (χ3n) is 4.73. The van der Waals surface area contributed by atoms with Crippen LogP contribution in [0.5, 0.6) is 11.5 Å². The first-order chi connectivity index (χ1) is 15.0. The summed E-state index contributed by atoms with van der Waals surface area (Å²) >= 11 is 0. The fourth-order valence-electron chi connectivity index (χ4n) is 3.17. The minimum absolute atomic E-state index is 0.139. The molecule has 0 aliphatic rings. The highest BCUT2D eigenvalue weighted by atomic mass is 16.5. The standard InChI is InChI=1S/C24H27N3O4/c1-4-31-19-10-8-18(9-11-19)20-12-14-24(29)27(26-20)15-5-6-23(28)25-21-16-17(2)7-13-22(21)30-3/h7-14,16H,4-6,15H2,1-3H3,(H,25,28). The van der Waals surface area contributed by atoms with Gasteiger partial charge in [-0.05, 0) is 68.3 Å². The summed E-state index contributed by atoms with van der Waals surface area (Å²) in [6, 6.07) is 16.4. The fraction of sp³-hybridized carbons (Fsp3) is 0.292. The Morgan fingerprint density at radius 3 is 2.58 bits per heavy atom. The molecule has 0 unspecified atom stereocenters. The summed E-state index contributed by atoms with van der Waals surface area (Å²) in [6.45, 7) is 4.84. The minimum Gasteiger partial charge on any atom is -0.495 e. The number of nitrogens with zero attached hydrogens (tertiary/aromatic N) is 2. The van der Waals surface area contributed by atoms with Crippen molar-refractivity contribution in [2.75, 3.05) is 19.0 Å². The molecule has 1 amide bonds. The molecule has 3 aromatic rings. The molecule has 2 aromatic carbocycles. The van der Waals surface area contributed by atoms with E-state index in [1.807, 2.05) is 56.3 Å². The molecular weight excluding hydrogens is 394 g/mol. The second-order valence-corrected chi connectivity index (χ2v) is 7.09. The first-order valence-electron chi connectivity index (χ1n) is 10.3. The van der Waals surface area contributed by atoms with E-state index in [4.69, 9.17) is 9.47 Å². The Kier molecular flexibility index (Phi) is 7.43. The maximum absolute atomic E-state index is 12.4. The van der Waals surface area contributed by atoms with Crippen LogP contribution in [0.1, 0.15) is 25.3 Å². The predicted molar refractivity (Wildman–Crippen MR) is 121 cm³/mol. The highest BCUT2D eigenvalue weighted by Gasteiger charge is 2.09. The van der Waals surface area contributed by atoms with Crippen molar-refractivity contribution in [3.8, 4) is 22.8 Å². The summed E-state index contributed by atoms with van der Waals surface area (Å²) in [5, 5.41) is 7.32. The van der Waals surface area contributed by atoms with Gasteiger partial charge in [0.15, 0.2) is 0 Å². The number of carbonyl (C=O) groups excluding carboxylic acids is 1. The highest BCUT2D eigenvalue weighted by molar-refractivity contribution is 5.92. The number of aryl methyl sites for hydroxylation is 2. The molecule has 31 heavy (non-hydrogen) atoms. The van der Waals surface area contributed by atoms with Crippen molar-refractivity contribution in [1.82, 2.24) is 9.78 Å². The van der Waals surface area contributed by atoms with Gasteiger partial charge in [-0.25, -0.2) is 4.68 Å². The van der Waals surface area contributed by atoms with Gasteiger partial charge in [0.1, 0.15) is 11.5 Å². The molecule has 1 heterocycles. The van der Waals surface area contributed by atoms with Crippen LogP contribution in [-0.2, 0) is 11.3 Å². The number of carbonyl (C=O) groups is 1. The van der Waals surface area contributed by atoms with Crippen molar-refractivity contribution in [3.05, 3.63) is 70.5 Å². The number of ether oxygens (including phenoxy) is 2. The Hall–Kier alpha value is -3.61. The quantitative estimate of drug-likeness (QED) is 0.564. The summed E-state index contributed by atoms with van der Waals surface area (Å²) in [6.07, 6.45) is 0.748. The first kappa shape index (κ1) is 22.1. The van der Waals surface area contributed by atoms with E-state index in [1.54, 1.807) is 13.2 Å². The monoisotopic (exact) mass is 421 g/mol. The Morgan fingerprint density at radius 2 is 1.87 bits per heavy atom. The van der Waals surface area contributed by atoms with Crippen molar-refractivity contribution >= 4 is 11.6 Å². The van der Waals surface area contributed by atoms with Gasteiger partial charge in [0.2, 0.25) is 5.91 Å². The number of amides is 1. The zero-order chi connectivity index (χ0) is 22.2. The van der Waals surface area contributed by atoms with Crippen LogP contribution in [0.25, 0.3) is 11.3 Å². The van der Waals surface area contributed by atoms with Gasteiger partial charge < -0.3 is 14.8 Å². The largest absolute Gasteiger partial charge is 0.495 e. The molecule has 3 rings (SSSR count). The van der Waals surface area contributed by atoms with E-state index in [0.717, 1.165) is 16.9 Å². The molecular formula is C24H27N3O4. The zero-order valence-electron chi connectivity index (χ0n) is 18.1. The Morgan fingerprint density at radius 1 is 1.10 bits per heavy atom. The second-order valence-electron chi connectivity index (χ2n) is 7.09. The number of methoxy groups -OCH3 is 1. The zero-order valence-corrected chi connectivity index (χ0v) is 18.1. The third kappa shape index (κ3) is 5.94. The molecule has 162 valence electrons. The molecule has 0 aliphatic carbocycles. The number of anilines is 1. The molecule has 0 fully saturated rings. The van der Waals surface area contributed by atoms with Gasteiger partial charge in [0.05, 0.1) is 25.1 Å². The van der Waals surface area contributed by atoms with Gasteiger partial charge in [0.25, 0.3) is 5.56 Å². The summed E-state index contributed by atoms with van der Waals surface area (Å²) in [5.74, 6) is 1.26. The molecule has 0 bridgehead atoms. The lowest BCUT2D eigenvalue weighted by molar-refractivity contribution is -0.116. The van der Waals surface area contributed by atoms with Crippen LogP contribution in [0.3, 0.4) is 0 Å². The van der Waals surface area contributed by atoms with Crippen LogP contribution in [0.15, 0.2) is 59.4 Å². The first-order valence-corrected chi connectivity index (χ1v) is 10.3. The lowest BCUT2D eigenvalue weighted by atomic mass is 10.1. The molecule has 1 aromatic heterocycles. The summed E-state index contributed by atoms with van der Waals surface area (Å²) < 4.78 is 12.1. The number of hydrogen-bond donors (Lipinski definition) is 1. The molecule has 0 radical (unpaired) electrons. The van der Waals surface area contributed by atoms with Crippen molar-refractivity contribution < 1.29 is 14.3 Å². The van der Waals surface area contributed by atoms with Gasteiger partial charge in [-0.2, -0.15) is 5.10 Å². The molecule has 0 atom stereocenters. The SMILES string of the molecule is CCOc1ccc(-c2ccc(=O)n(CCCC(=O)Nc3cc(C)ccc3OC)n2)cc1. The van der Waals surface area contributed by atoms with Crippen LogP contribution < -0.4 is 20.3 Å².